The zero-order chi connectivity index (χ0) is 14.2. The predicted octanol–water partition coefficient (Wildman–Crippen LogP) is 5.37. The van der Waals surface area contributed by atoms with E-state index in [0.29, 0.717) is 0 Å². The first-order valence-corrected chi connectivity index (χ1v) is 6.98. The lowest BCUT2D eigenvalue weighted by atomic mass is 9.93. The normalized spacial score (nSPS) is 12.5. The number of benzene rings is 2. The lowest BCUT2D eigenvalue weighted by Crippen LogP contribution is -2.02. The van der Waals surface area contributed by atoms with Crippen LogP contribution in [0.4, 0.5) is 8.78 Å². The van der Waals surface area contributed by atoms with E-state index in [1.165, 1.54) is 24.3 Å². The monoisotopic (exact) mass is 324 g/mol. The van der Waals surface area contributed by atoms with Gasteiger partial charge in [0.05, 0.1) is 4.83 Å². The van der Waals surface area contributed by atoms with Crippen LogP contribution >= 0.6 is 15.9 Å². The third-order valence-electron chi connectivity index (χ3n) is 3.33. The number of hydrogen-bond donors (Lipinski definition) is 0. The zero-order valence-corrected chi connectivity index (χ0v) is 12.7. The van der Waals surface area contributed by atoms with Gasteiger partial charge in [0.1, 0.15) is 11.6 Å². The van der Waals surface area contributed by atoms with Crippen LogP contribution in [0.2, 0.25) is 0 Å². The fourth-order valence-corrected chi connectivity index (χ4v) is 3.58. The van der Waals surface area contributed by atoms with Crippen molar-refractivity contribution in [1.82, 2.24) is 0 Å². The van der Waals surface area contributed by atoms with Crippen molar-refractivity contribution in [3.63, 3.8) is 0 Å². The molecule has 1 atom stereocenters. The van der Waals surface area contributed by atoms with Crippen molar-refractivity contribution in [2.24, 2.45) is 0 Å². The molecular weight excluding hydrogens is 310 g/mol. The van der Waals surface area contributed by atoms with Crippen LogP contribution in [0.25, 0.3) is 0 Å². The quantitative estimate of drug-likeness (QED) is 0.651. The molecule has 19 heavy (non-hydrogen) atoms. The van der Waals surface area contributed by atoms with Gasteiger partial charge in [-0.25, -0.2) is 8.78 Å². The van der Waals surface area contributed by atoms with Crippen LogP contribution in [0, 0.1) is 32.4 Å². The highest BCUT2D eigenvalue weighted by Gasteiger charge is 2.18. The largest absolute Gasteiger partial charge is 0.207 e. The van der Waals surface area contributed by atoms with E-state index < -0.39 is 0 Å². The third kappa shape index (κ3) is 2.86. The molecule has 2 rings (SSSR count). The molecule has 3 heteroatoms. The molecule has 0 aliphatic rings. The van der Waals surface area contributed by atoms with Crippen molar-refractivity contribution >= 4 is 15.9 Å². The molecule has 0 amide bonds. The Kier molecular flexibility index (Phi) is 4.04. The maximum absolute atomic E-state index is 13.4. The van der Waals surface area contributed by atoms with Gasteiger partial charge < -0.3 is 0 Å². The summed E-state index contributed by atoms with van der Waals surface area (Å²) in [4.78, 5) is -0.135. The molecule has 0 aromatic heterocycles. The van der Waals surface area contributed by atoms with Gasteiger partial charge in [0.25, 0.3) is 0 Å². The fourth-order valence-electron chi connectivity index (χ4n) is 2.36. The number of alkyl halides is 1. The molecule has 2 aromatic carbocycles. The molecule has 0 N–H and O–H groups in total. The van der Waals surface area contributed by atoms with Gasteiger partial charge in [0, 0.05) is 0 Å². The van der Waals surface area contributed by atoms with Crippen LogP contribution in [0.15, 0.2) is 30.3 Å². The van der Waals surface area contributed by atoms with E-state index in [1.54, 1.807) is 6.07 Å². The molecule has 0 aliphatic heterocycles. The Hall–Kier alpha value is -1.22. The lowest BCUT2D eigenvalue weighted by molar-refractivity contribution is 0.622. The van der Waals surface area contributed by atoms with E-state index in [1.807, 2.05) is 20.8 Å². The Balaban J connectivity index is 2.56. The summed E-state index contributed by atoms with van der Waals surface area (Å²) in [6.07, 6.45) is 0. The van der Waals surface area contributed by atoms with Gasteiger partial charge in [-0.1, -0.05) is 22.0 Å². The van der Waals surface area contributed by atoms with Gasteiger partial charge in [0.2, 0.25) is 0 Å². The molecule has 0 radical (unpaired) electrons. The first kappa shape index (κ1) is 14.2. The molecule has 0 bridgehead atoms. The second-order valence-electron chi connectivity index (χ2n) is 4.82. The highest BCUT2D eigenvalue weighted by atomic mass is 79.9. The summed E-state index contributed by atoms with van der Waals surface area (Å²) in [5.41, 5.74) is 4.60. The van der Waals surface area contributed by atoms with Crippen molar-refractivity contribution in [3.05, 3.63) is 69.8 Å². The molecule has 100 valence electrons. The van der Waals surface area contributed by atoms with Crippen molar-refractivity contribution in [1.29, 1.82) is 0 Å². The number of rotatable bonds is 2. The van der Waals surface area contributed by atoms with Gasteiger partial charge in [-0.05, 0) is 72.9 Å². The van der Waals surface area contributed by atoms with Crippen molar-refractivity contribution in [2.75, 3.05) is 0 Å². The predicted molar refractivity (Wildman–Crippen MR) is 77.8 cm³/mol. The van der Waals surface area contributed by atoms with E-state index in [0.717, 1.165) is 27.8 Å². The van der Waals surface area contributed by atoms with Crippen molar-refractivity contribution in [2.45, 2.75) is 25.6 Å². The summed E-state index contributed by atoms with van der Waals surface area (Å²) >= 11 is 3.62. The molecule has 0 aliphatic carbocycles. The molecule has 0 nitrogen and oxygen atoms in total. The van der Waals surface area contributed by atoms with Gasteiger partial charge in [-0.15, -0.1) is 0 Å². The molecule has 0 fully saturated rings. The highest BCUT2D eigenvalue weighted by molar-refractivity contribution is 9.09. The zero-order valence-electron chi connectivity index (χ0n) is 11.1. The van der Waals surface area contributed by atoms with Crippen LogP contribution in [0.5, 0.6) is 0 Å². The SMILES string of the molecule is Cc1ccc(F)cc1C(Br)c1c(C)cc(F)cc1C. The standard InChI is InChI=1S/C16H15BrF2/c1-9-4-5-12(18)8-14(9)16(17)15-10(2)6-13(19)7-11(15)3/h4-8,16H,1-3H3. The van der Waals surface area contributed by atoms with E-state index >= 15 is 0 Å². The molecule has 1 unspecified atom stereocenters. The molecule has 2 aromatic rings. The minimum atomic E-state index is -0.262. The summed E-state index contributed by atoms with van der Waals surface area (Å²) in [6, 6.07) is 7.74. The third-order valence-corrected chi connectivity index (χ3v) is 4.28. The number of halogens is 3. The Labute approximate surface area is 120 Å². The van der Waals surface area contributed by atoms with Crippen molar-refractivity contribution < 1.29 is 8.78 Å². The summed E-state index contributed by atoms with van der Waals surface area (Å²) < 4.78 is 26.7. The lowest BCUT2D eigenvalue weighted by Gasteiger charge is -2.18. The summed E-state index contributed by atoms with van der Waals surface area (Å²) in [6.45, 7) is 5.68. The van der Waals surface area contributed by atoms with Gasteiger partial charge in [0.15, 0.2) is 0 Å². The van der Waals surface area contributed by atoms with Gasteiger partial charge in [-0.3, -0.25) is 0 Å². The van der Waals surface area contributed by atoms with E-state index in [2.05, 4.69) is 15.9 Å². The average Bonchev–Trinajstić information content (AvgIpc) is 2.30. The highest BCUT2D eigenvalue weighted by Crippen LogP contribution is 2.37. The fraction of sp³-hybridized carbons (Fsp3) is 0.250. The van der Waals surface area contributed by atoms with Crippen LogP contribution in [-0.4, -0.2) is 0 Å². The minimum absolute atomic E-state index is 0.135. The maximum atomic E-state index is 13.4. The number of hydrogen-bond acceptors (Lipinski definition) is 0. The minimum Gasteiger partial charge on any atom is -0.207 e. The van der Waals surface area contributed by atoms with Gasteiger partial charge in [-0.2, -0.15) is 0 Å². The van der Waals surface area contributed by atoms with E-state index in [9.17, 15) is 8.78 Å². The summed E-state index contributed by atoms with van der Waals surface area (Å²) in [7, 11) is 0. The summed E-state index contributed by atoms with van der Waals surface area (Å²) in [5.74, 6) is -0.503. The van der Waals surface area contributed by atoms with Crippen molar-refractivity contribution in [3.8, 4) is 0 Å². The number of aryl methyl sites for hydroxylation is 3. The first-order chi connectivity index (χ1) is 8.90. The van der Waals surface area contributed by atoms with Crippen LogP contribution in [0.3, 0.4) is 0 Å². The topological polar surface area (TPSA) is 0 Å². The molecule has 0 heterocycles. The van der Waals surface area contributed by atoms with E-state index in [-0.39, 0.29) is 16.5 Å². The van der Waals surface area contributed by atoms with Crippen LogP contribution in [0.1, 0.15) is 32.6 Å². The Morgan fingerprint density at radius 2 is 1.42 bits per heavy atom. The Morgan fingerprint density at radius 3 is 2.00 bits per heavy atom. The molecular formula is C16H15BrF2. The van der Waals surface area contributed by atoms with Crippen LogP contribution < -0.4 is 0 Å². The smallest absolute Gasteiger partial charge is 0.123 e. The first-order valence-electron chi connectivity index (χ1n) is 6.07. The Bertz CT molecular complexity index is 597. The van der Waals surface area contributed by atoms with E-state index in [4.69, 9.17) is 0 Å². The molecule has 0 saturated carbocycles. The average molecular weight is 325 g/mol. The van der Waals surface area contributed by atoms with Crippen LogP contribution in [-0.2, 0) is 0 Å². The maximum Gasteiger partial charge on any atom is 0.123 e. The van der Waals surface area contributed by atoms with Gasteiger partial charge >= 0.3 is 0 Å². The second-order valence-corrected chi connectivity index (χ2v) is 5.73. The summed E-state index contributed by atoms with van der Waals surface area (Å²) in [5, 5.41) is 0. The molecule has 0 saturated heterocycles. The Morgan fingerprint density at radius 1 is 0.842 bits per heavy atom. The molecule has 0 spiro atoms. The second kappa shape index (κ2) is 5.41.